The lowest BCUT2D eigenvalue weighted by Crippen LogP contribution is -2.23. The Balaban J connectivity index is 2.11. The molecule has 2 aliphatic carbocycles. The van der Waals surface area contributed by atoms with Crippen molar-refractivity contribution < 1.29 is 0 Å². The Hall–Kier alpha value is -1.03. The first-order valence-electron chi connectivity index (χ1n) is 4.63. The molecular formula is C11H13N. The monoisotopic (exact) mass is 159 g/mol. The molecule has 2 aliphatic rings. The molecule has 0 heterocycles. The molecule has 1 saturated carbocycles. The van der Waals surface area contributed by atoms with Gasteiger partial charge in [0.25, 0.3) is 0 Å². The van der Waals surface area contributed by atoms with Gasteiger partial charge in [-0.2, -0.15) is 5.26 Å². The van der Waals surface area contributed by atoms with Crippen LogP contribution in [0.1, 0.15) is 26.2 Å². The average Bonchev–Trinajstić information content (AvgIpc) is 2.39. The molecule has 62 valence electrons. The smallest absolute Gasteiger partial charge is 0.0911 e. The molecule has 0 aromatic carbocycles. The summed E-state index contributed by atoms with van der Waals surface area (Å²) in [7, 11) is 0. The number of nitrogens with zero attached hydrogens (tertiary/aromatic N) is 1. The van der Waals surface area contributed by atoms with E-state index in [1.165, 1.54) is 18.4 Å². The molecule has 1 fully saturated rings. The number of nitriles is 1. The summed E-state index contributed by atoms with van der Waals surface area (Å²) in [6, 6.07) is 2.12. The van der Waals surface area contributed by atoms with Gasteiger partial charge in [-0.3, -0.25) is 0 Å². The predicted molar refractivity (Wildman–Crippen MR) is 48.3 cm³/mol. The highest BCUT2D eigenvalue weighted by Crippen LogP contribution is 2.49. The second-order valence-corrected chi connectivity index (χ2v) is 3.72. The van der Waals surface area contributed by atoms with Crippen LogP contribution in [0.25, 0.3) is 0 Å². The van der Waals surface area contributed by atoms with Crippen LogP contribution >= 0.6 is 0 Å². The van der Waals surface area contributed by atoms with Crippen molar-refractivity contribution in [1.29, 1.82) is 5.26 Å². The van der Waals surface area contributed by atoms with Gasteiger partial charge in [0.15, 0.2) is 0 Å². The number of allylic oxidation sites excluding steroid dienone is 4. The molecule has 0 spiro atoms. The molecule has 12 heavy (non-hydrogen) atoms. The summed E-state index contributed by atoms with van der Waals surface area (Å²) in [4.78, 5) is 0. The normalized spacial score (nSPS) is 35.3. The Kier molecular flexibility index (Phi) is 1.77. The maximum Gasteiger partial charge on any atom is 0.0911 e. The van der Waals surface area contributed by atoms with Crippen LogP contribution in [0.2, 0.25) is 0 Å². The molecule has 2 atom stereocenters. The van der Waals surface area contributed by atoms with E-state index in [1.807, 2.05) is 0 Å². The lowest BCUT2D eigenvalue weighted by atomic mass is 9.71. The van der Waals surface area contributed by atoms with E-state index >= 15 is 0 Å². The summed E-state index contributed by atoms with van der Waals surface area (Å²) in [6.45, 7) is 2.21. The fourth-order valence-corrected chi connectivity index (χ4v) is 2.31. The predicted octanol–water partition coefficient (Wildman–Crippen LogP) is 2.81. The van der Waals surface area contributed by atoms with Crippen LogP contribution < -0.4 is 0 Å². The molecule has 0 aromatic rings. The molecule has 1 nitrogen and oxygen atoms in total. The van der Waals surface area contributed by atoms with E-state index in [0.29, 0.717) is 5.92 Å². The minimum absolute atomic E-state index is 0.639. The van der Waals surface area contributed by atoms with Crippen molar-refractivity contribution in [3.8, 4) is 6.07 Å². The Morgan fingerprint density at radius 3 is 3.17 bits per heavy atom. The van der Waals surface area contributed by atoms with Crippen LogP contribution in [-0.2, 0) is 0 Å². The zero-order valence-corrected chi connectivity index (χ0v) is 7.38. The average molecular weight is 159 g/mol. The van der Waals surface area contributed by atoms with Gasteiger partial charge in [0.2, 0.25) is 0 Å². The lowest BCUT2D eigenvalue weighted by molar-refractivity contribution is 0.354. The molecule has 2 rings (SSSR count). The summed E-state index contributed by atoms with van der Waals surface area (Å²) in [5.74, 6) is 1.49. The highest BCUT2D eigenvalue weighted by atomic mass is 14.4. The Bertz CT molecular complexity index is 291. The second kappa shape index (κ2) is 2.79. The molecular weight excluding hydrogens is 146 g/mol. The first-order valence-corrected chi connectivity index (χ1v) is 4.63. The van der Waals surface area contributed by atoms with E-state index in [2.05, 4.69) is 19.1 Å². The summed E-state index contributed by atoms with van der Waals surface area (Å²) in [6.07, 6.45) is 7.74. The van der Waals surface area contributed by atoms with Gasteiger partial charge in [-0.1, -0.05) is 24.1 Å². The van der Waals surface area contributed by atoms with Gasteiger partial charge in [-0.15, -0.1) is 0 Å². The fourth-order valence-electron chi connectivity index (χ4n) is 2.31. The number of hydrogen-bond acceptors (Lipinski definition) is 1. The summed E-state index contributed by atoms with van der Waals surface area (Å²) in [5, 5.41) is 8.50. The quantitative estimate of drug-likeness (QED) is 0.426. The van der Waals surface area contributed by atoms with E-state index < -0.39 is 0 Å². The molecule has 0 radical (unpaired) electrons. The largest absolute Gasteiger partial charge is 0.193 e. The number of rotatable bonds is 1. The van der Waals surface area contributed by atoms with Crippen LogP contribution in [0.3, 0.4) is 0 Å². The van der Waals surface area contributed by atoms with Crippen molar-refractivity contribution in [2.75, 3.05) is 0 Å². The van der Waals surface area contributed by atoms with E-state index in [0.717, 1.165) is 12.3 Å². The Labute approximate surface area is 73.4 Å². The highest BCUT2D eigenvalue weighted by molar-refractivity contribution is 5.35. The van der Waals surface area contributed by atoms with Crippen LogP contribution in [-0.4, -0.2) is 0 Å². The van der Waals surface area contributed by atoms with Gasteiger partial charge in [0.1, 0.15) is 0 Å². The molecule has 0 amide bonds. The molecule has 1 unspecified atom stereocenters. The van der Waals surface area contributed by atoms with Crippen LogP contribution in [0.15, 0.2) is 23.3 Å². The maximum absolute atomic E-state index is 8.50. The van der Waals surface area contributed by atoms with E-state index in [9.17, 15) is 0 Å². The zero-order chi connectivity index (χ0) is 8.55. The lowest BCUT2D eigenvalue weighted by Gasteiger charge is -2.33. The third-order valence-corrected chi connectivity index (χ3v) is 3.08. The first-order chi connectivity index (χ1) is 5.85. The third-order valence-electron chi connectivity index (χ3n) is 3.08. The standard InChI is InChI=1S/C11H13N/c1-2-8-5-10-7-9(3-4-12)11(10)6-8/h3,6,10-11H,2,5,7H2,1H3/b9-3+/t10-,11?/m1/s1. The summed E-state index contributed by atoms with van der Waals surface area (Å²) >= 11 is 0. The van der Waals surface area contributed by atoms with Crippen LogP contribution in [0.5, 0.6) is 0 Å². The molecule has 0 bridgehead atoms. The van der Waals surface area contributed by atoms with Crippen molar-refractivity contribution in [2.45, 2.75) is 26.2 Å². The van der Waals surface area contributed by atoms with Gasteiger partial charge >= 0.3 is 0 Å². The van der Waals surface area contributed by atoms with Gasteiger partial charge in [0, 0.05) is 12.0 Å². The van der Waals surface area contributed by atoms with Crippen molar-refractivity contribution in [3.05, 3.63) is 23.3 Å². The minimum atomic E-state index is 0.639. The highest BCUT2D eigenvalue weighted by Gasteiger charge is 2.38. The van der Waals surface area contributed by atoms with Crippen molar-refractivity contribution in [2.24, 2.45) is 11.8 Å². The number of fused-ring (bicyclic) bond motifs is 1. The van der Waals surface area contributed by atoms with E-state index in [1.54, 1.807) is 11.6 Å². The first kappa shape index (κ1) is 7.61. The van der Waals surface area contributed by atoms with Gasteiger partial charge in [-0.25, -0.2) is 0 Å². The summed E-state index contributed by atoms with van der Waals surface area (Å²) < 4.78 is 0. The second-order valence-electron chi connectivity index (χ2n) is 3.72. The van der Waals surface area contributed by atoms with Crippen molar-refractivity contribution in [3.63, 3.8) is 0 Å². The fraction of sp³-hybridized carbons (Fsp3) is 0.545. The number of hydrogen-bond donors (Lipinski definition) is 0. The third kappa shape index (κ3) is 0.992. The topological polar surface area (TPSA) is 23.8 Å². The van der Waals surface area contributed by atoms with Crippen molar-refractivity contribution in [1.82, 2.24) is 0 Å². The minimum Gasteiger partial charge on any atom is -0.193 e. The van der Waals surface area contributed by atoms with E-state index in [-0.39, 0.29) is 0 Å². The van der Waals surface area contributed by atoms with Crippen LogP contribution in [0.4, 0.5) is 0 Å². The van der Waals surface area contributed by atoms with Gasteiger partial charge in [-0.05, 0) is 25.2 Å². The van der Waals surface area contributed by atoms with E-state index in [4.69, 9.17) is 5.26 Å². The van der Waals surface area contributed by atoms with Crippen LogP contribution in [0, 0.1) is 23.2 Å². The Morgan fingerprint density at radius 2 is 2.50 bits per heavy atom. The summed E-state index contributed by atoms with van der Waals surface area (Å²) in [5.41, 5.74) is 2.94. The van der Waals surface area contributed by atoms with Gasteiger partial charge < -0.3 is 0 Å². The zero-order valence-electron chi connectivity index (χ0n) is 7.38. The molecule has 0 aromatic heterocycles. The maximum atomic E-state index is 8.50. The SMILES string of the molecule is CCC1=CC2/C(=C/C#N)C[C@H]2C1. The van der Waals surface area contributed by atoms with Crippen molar-refractivity contribution >= 4 is 0 Å². The van der Waals surface area contributed by atoms with Gasteiger partial charge in [0.05, 0.1) is 6.07 Å². The molecule has 1 heteroatoms. The molecule has 0 saturated heterocycles. The molecule has 0 N–H and O–H groups in total. The molecule has 0 aliphatic heterocycles. The Morgan fingerprint density at radius 1 is 1.67 bits per heavy atom.